The van der Waals surface area contributed by atoms with Crippen molar-refractivity contribution >= 4 is 11.9 Å². The molecule has 0 spiro atoms. The Morgan fingerprint density at radius 1 is 1.31 bits per heavy atom. The Morgan fingerprint density at radius 3 is 2.93 bits per heavy atom. The highest BCUT2D eigenvalue weighted by Gasteiger charge is 2.19. The zero-order valence-corrected chi connectivity index (χ0v) is 16.9. The number of carbonyl (C=O) groups is 1. The van der Waals surface area contributed by atoms with Crippen molar-refractivity contribution in [3.63, 3.8) is 0 Å². The fourth-order valence-corrected chi connectivity index (χ4v) is 3.71. The van der Waals surface area contributed by atoms with Crippen LogP contribution in [0.1, 0.15) is 43.1 Å². The molecule has 4 rings (SSSR count). The Bertz CT molecular complexity index is 815. The lowest BCUT2D eigenvalue weighted by Crippen LogP contribution is -2.33. The van der Waals surface area contributed by atoms with Crippen molar-refractivity contribution in [1.29, 1.82) is 0 Å². The van der Waals surface area contributed by atoms with Gasteiger partial charge in [-0.05, 0) is 18.9 Å². The molecule has 9 nitrogen and oxygen atoms in total. The highest BCUT2D eigenvalue weighted by Crippen LogP contribution is 2.17. The van der Waals surface area contributed by atoms with Gasteiger partial charge in [0.25, 0.3) is 0 Å². The fraction of sp³-hybridized carbons (Fsp3) is 0.600. The molecule has 0 aromatic carbocycles. The Morgan fingerprint density at radius 2 is 2.17 bits per heavy atom. The van der Waals surface area contributed by atoms with E-state index in [1.807, 2.05) is 24.0 Å². The van der Waals surface area contributed by atoms with Crippen LogP contribution in [0.5, 0.6) is 0 Å². The van der Waals surface area contributed by atoms with E-state index in [0.717, 1.165) is 63.4 Å². The van der Waals surface area contributed by atoms with Gasteiger partial charge in [-0.25, -0.2) is 9.97 Å². The average Bonchev–Trinajstić information content (AvgIpc) is 3.40. The van der Waals surface area contributed by atoms with E-state index in [0.29, 0.717) is 18.9 Å². The molecule has 0 unspecified atom stereocenters. The standard InChI is InChI=1S/C20H29N7O2/c1-2-19(28)21-11-16-8-17-14-26(5-6-27(17)25-16)13-15-9-22-20(23-10-15)24-12-18-4-3-7-29-18/h8-10,18H,2-7,11-14H2,1H3,(H,21,28)(H,22,23,24)/t18-/m1/s1. The third kappa shape index (κ3) is 5.30. The van der Waals surface area contributed by atoms with Crippen molar-refractivity contribution in [2.75, 3.05) is 25.0 Å². The second-order valence-corrected chi connectivity index (χ2v) is 7.62. The van der Waals surface area contributed by atoms with Gasteiger partial charge in [0.15, 0.2) is 0 Å². The van der Waals surface area contributed by atoms with Gasteiger partial charge < -0.3 is 15.4 Å². The summed E-state index contributed by atoms with van der Waals surface area (Å²) in [5.74, 6) is 0.700. The zero-order chi connectivity index (χ0) is 20.1. The van der Waals surface area contributed by atoms with E-state index in [1.165, 1.54) is 5.69 Å². The maximum atomic E-state index is 11.4. The van der Waals surface area contributed by atoms with E-state index in [4.69, 9.17) is 4.74 Å². The zero-order valence-electron chi connectivity index (χ0n) is 16.9. The lowest BCUT2D eigenvalue weighted by atomic mass is 10.2. The number of aromatic nitrogens is 4. The minimum atomic E-state index is 0.0475. The van der Waals surface area contributed by atoms with Crippen LogP contribution in [-0.4, -0.2) is 56.4 Å². The molecule has 29 heavy (non-hydrogen) atoms. The van der Waals surface area contributed by atoms with Crippen molar-refractivity contribution in [2.24, 2.45) is 0 Å². The van der Waals surface area contributed by atoms with Crippen LogP contribution in [0.3, 0.4) is 0 Å². The minimum absolute atomic E-state index is 0.0475. The predicted molar refractivity (Wildman–Crippen MR) is 108 cm³/mol. The highest BCUT2D eigenvalue weighted by atomic mass is 16.5. The summed E-state index contributed by atoms with van der Waals surface area (Å²) in [4.78, 5) is 22.7. The van der Waals surface area contributed by atoms with Gasteiger partial charge in [-0.15, -0.1) is 0 Å². The second-order valence-electron chi connectivity index (χ2n) is 7.62. The summed E-state index contributed by atoms with van der Waals surface area (Å²) < 4.78 is 7.65. The molecule has 9 heteroatoms. The first kappa shape index (κ1) is 19.8. The molecule has 0 saturated carbocycles. The van der Waals surface area contributed by atoms with Crippen LogP contribution in [0.25, 0.3) is 0 Å². The van der Waals surface area contributed by atoms with E-state index < -0.39 is 0 Å². The largest absolute Gasteiger partial charge is 0.376 e. The lowest BCUT2D eigenvalue weighted by Gasteiger charge is -2.27. The van der Waals surface area contributed by atoms with Crippen LogP contribution in [0.15, 0.2) is 18.5 Å². The quantitative estimate of drug-likeness (QED) is 0.691. The summed E-state index contributed by atoms with van der Waals surface area (Å²) in [7, 11) is 0. The van der Waals surface area contributed by atoms with E-state index in [-0.39, 0.29) is 12.0 Å². The molecule has 0 aliphatic carbocycles. The molecule has 1 amide bonds. The van der Waals surface area contributed by atoms with Crippen LogP contribution in [0.2, 0.25) is 0 Å². The summed E-state index contributed by atoms with van der Waals surface area (Å²) in [5, 5.41) is 10.7. The summed E-state index contributed by atoms with van der Waals surface area (Å²) in [6.45, 7) is 7.36. The lowest BCUT2D eigenvalue weighted by molar-refractivity contribution is -0.120. The molecule has 2 aliphatic rings. The number of amides is 1. The average molecular weight is 399 g/mol. The second kappa shape index (κ2) is 9.32. The molecule has 0 radical (unpaired) electrons. The molecular formula is C20H29N7O2. The van der Waals surface area contributed by atoms with Crippen LogP contribution in [0.4, 0.5) is 5.95 Å². The number of nitrogens with one attached hydrogen (secondary N) is 2. The number of fused-ring (bicyclic) bond motifs is 1. The van der Waals surface area contributed by atoms with Gasteiger partial charge in [0.1, 0.15) is 0 Å². The Balaban J connectivity index is 1.27. The smallest absolute Gasteiger partial charge is 0.222 e. The molecule has 0 bridgehead atoms. The van der Waals surface area contributed by atoms with Crippen molar-refractivity contribution in [3.05, 3.63) is 35.4 Å². The monoisotopic (exact) mass is 399 g/mol. The first-order valence-corrected chi connectivity index (χ1v) is 10.4. The van der Waals surface area contributed by atoms with Crippen molar-refractivity contribution < 1.29 is 9.53 Å². The molecule has 156 valence electrons. The van der Waals surface area contributed by atoms with Crippen LogP contribution >= 0.6 is 0 Å². The summed E-state index contributed by atoms with van der Waals surface area (Å²) in [5.41, 5.74) is 3.18. The molecule has 2 N–H and O–H groups in total. The first-order valence-electron chi connectivity index (χ1n) is 10.4. The maximum absolute atomic E-state index is 11.4. The molecule has 2 aliphatic heterocycles. The van der Waals surface area contributed by atoms with Crippen LogP contribution in [-0.2, 0) is 35.7 Å². The minimum Gasteiger partial charge on any atom is -0.376 e. The van der Waals surface area contributed by atoms with Crippen LogP contribution in [0, 0.1) is 0 Å². The van der Waals surface area contributed by atoms with Crippen molar-refractivity contribution in [2.45, 2.75) is 58.5 Å². The SMILES string of the molecule is CCC(=O)NCc1cc2n(n1)CCN(Cc1cnc(NC[C@H]3CCCO3)nc1)C2. The molecule has 1 fully saturated rings. The van der Waals surface area contributed by atoms with Crippen molar-refractivity contribution in [3.8, 4) is 0 Å². The maximum Gasteiger partial charge on any atom is 0.222 e. The first-order chi connectivity index (χ1) is 14.2. The number of nitrogens with zero attached hydrogens (tertiary/aromatic N) is 5. The topological polar surface area (TPSA) is 97.2 Å². The van der Waals surface area contributed by atoms with Gasteiger partial charge in [0.2, 0.25) is 11.9 Å². The normalized spacial score (nSPS) is 19.1. The Labute approximate surface area is 170 Å². The predicted octanol–water partition coefficient (Wildman–Crippen LogP) is 1.31. The third-order valence-corrected chi connectivity index (χ3v) is 5.34. The summed E-state index contributed by atoms with van der Waals surface area (Å²) in [6, 6.07) is 2.08. The van der Waals surface area contributed by atoms with Gasteiger partial charge in [0, 0.05) is 57.2 Å². The number of hydrogen-bond donors (Lipinski definition) is 2. The number of ether oxygens (including phenoxy) is 1. The van der Waals surface area contributed by atoms with E-state index in [1.54, 1.807) is 0 Å². The van der Waals surface area contributed by atoms with E-state index in [2.05, 4.69) is 36.7 Å². The van der Waals surface area contributed by atoms with Gasteiger partial charge in [0.05, 0.1) is 30.6 Å². The van der Waals surface area contributed by atoms with Gasteiger partial charge >= 0.3 is 0 Å². The van der Waals surface area contributed by atoms with Gasteiger partial charge in [-0.3, -0.25) is 14.4 Å². The Hall–Kier alpha value is -2.52. The summed E-state index contributed by atoms with van der Waals surface area (Å²) >= 11 is 0. The van der Waals surface area contributed by atoms with Crippen LogP contribution < -0.4 is 10.6 Å². The van der Waals surface area contributed by atoms with Gasteiger partial charge in [-0.1, -0.05) is 6.92 Å². The molecule has 2 aromatic heterocycles. The third-order valence-electron chi connectivity index (χ3n) is 5.34. The molecule has 1 saturated heterocycles. The Kier molecular flexibility index (Phi) is 6.36. The molecule has 4 heterocycles. The highest BCUT2D eigenvalue weighted by molar-refractivity contribution is 5.75. The number of anilines is 1. The molecular weight excluding hydrogens is 370 g/mol. The molecule has 1 atom stereocenters. The van der Waals surface area contributed by atoms with E-state index in [9.17, 15) is 4.79 Å². The fourth-order valence-electron chi connectivity index (χ4n) is 3.71. The molecule has 2 aromatic rings. The number of hydrogen-bond acceptors (Lipinski definition) is 7. The number of rotatable bonds is 8. The number of carbonyl (C=O) groups excluding carboxylic acids is 1. The van der Waals surface area contributed by atoms with Crippen molar-refractivity contribution in [1.82, 2.24) is 30.0 Å². The van der Waals surface area contributed by atoms with E-state index >= 15 is 0 Å². The summed E-state index contributed by atoms with van der Waals surface area (Å²) in [6.07, 6.45) is 6.78. The van der Waals surface area contributed by atoms with Gasteiger partial charge in [-0.2, -0.15) is 5.10 Å².